The average molecular weight is 1810 g/mol. The molecular formula is C112H84O24. The number of aromatic hydroxyl groups is 20. The third-order valence-corrected chi connectivity index (χ3v) is 28.9. The van der Waals surface area contributed by atoms with Crippen molar-refractivity contribution in [2.45, 2.75) is 95.4 Å². The molecule has 7 aliphatic rings. The minimum Gasteiger partial charge on any atom is -0.508 e. The monoisotopic (exact) mass is 1810 g/mol. The number of ether oxygens (including phenoxy) is 4. The highest BCUT2D eigenvalue weighted by molar-refractivity contribution is 5.78. The van der Waals surface area contributed by atoms with Crippen LogP contribution in [0.15, 0.2) is 291 Å². The lowest BCUT2D eigenvalue weighted by Crippen LogP contribution is -2.27. The highest BCUT2D eigenvalue weighted by atomic mass is 16.5. The van der Waals surface area contributed by atoms with Crippen LogP contribution in [0.25, 0.3) is 0 Å². The first-order valence-corrected chi connectivity index (χ1v) is 44.3. The smallest absolute Gasteiger partial charge is 0.135 e. The molecule has 24 nitrogen and oxygen atoms in total. The Morgan fingerprint density at radius 3 is 0.890 bits per heavy atom. The van der Waals surface area contributed by atoms with E-state index in [1.807, 2.05) is 0 Å². The number of rotatable bonds is 14. The summed E-state index contributed by atoms with van der Waals surface area (Å²) in [6.45, 7) is 0. The Morgan fingerprint density at radius 1 is 0.176 bits per heavy atom. The van der Waals surface area contributed by atoms with Gasteiger partial charge in [0.25, 0.3) is 0 Å². The summed E-state index contributed by atoms with van der Waals surface area (Å²) in [4.78, 5) is 0. The molecule has 0 spiro atoms. The summed E-state index contributed by atoms with van der Waals surface area (Å²) in [5.74, 6) is -20.8. The van der Waals surface area contributed by atoms with E-state index in [-0.39, 0.29) is 165 Å². The van der Waals surface area contributed by atoms with Crippen molar-refractivity contribution < 1.29 is 121 Å². The fourth-order valence-electron chi connectivity index (χ4n) is 23.9. The van der Waals surface area contributed by atoms with Crippen LogP contribution in [0.5, 0.6) is 138 Å². The lowest BCUT2D eigenvalue weighted by Gasteiger charge is -2.41. The molecule has 23 rings (SSSR count). The molecule has 16 aromatic rings. The van der Waals surface area contributed by atoms with Crippen LogP contribution in [0.1, 0.15) is 229 Å². The Bertz CT molecular complexity index is 7520. The first kappa shape index (κ1) is 83.1. The van der Waals surface area contributed by atoms with E-state index in [0.29, 0.717) is 77.9 Å². The summed E-state index contributed by atoms with van der Waals surface area (Å²) in [6.07, 6.45) is -4.65. The average Bonchev–Trinajstić information content (AvgIpc) is 1.52. The van der Waals surface area contributed by atoms with Crippen molar-refractivity contribution in [3.05, 3.63) is 425 Å². The van der Waals surface area contributed by atoms with E-state index >= 15 is 5.11 Å². The topological polar surface area (TPSA) is 442 Å². The predicted octanol–water partition coefficient (Wildman–Crippen LogP) is 20.9. The van der Waals surface area contributed by atoms with Crippen LogP contribution in [0.2, 0.25) is 0 Å². The molecule has 4 heterocycles. The van der Waals surface area contributed by atoms with Gasteiger partial charge in [0, 0.05) is 134 Å². The van der Waals surface area contributed by atoms with Gasteiger partial charge in [-0.1, -0.05) is 97.1 Å². The number of phenols is 20. The van der Waals surface area contributed by atoms with E-state index < -0.39 is 124 Å². The van der Waals surface area contributed by atoms with Crippen LogP contribution in [-0.2, 0) is 0 Å². The summed E-state index contributed by atoms with van der Waals surface area (Å²) >= 11 is 0. The molecule has 0 amide bonds. The number of hydrogen-bond donors (Lipinski definition) is 20. The van der Waals surface area contributed by atoms with E-state index in [1.54, 1.807) is 109 Å². The van der Waals surface area contributed by atoms with Gasteiger partial charge in [0.15, 0.2) is 0 Å². The molecule has 136 heavy (non-hydrogen) atoms. The molecule has 0 fully saturated rings. The zero-order valence-corrected chi connectivity index (χ0v) is 71.5. The lowest BCUT2D eigenvalue weighted by molar-refractivity contribution is 0.217. The van der Waals surface area contributed by atoms with Crippen molar-refractivity contribution in [2.75, 3.05) is 0 Å². The SMILES string of the molecule is Oc1ccc([C@@H]2c3c(O)cc(O)cc3[C@@H]3c4c(cc(O)cc4[C@H]2[C@@H]2c4cc(O)c([C@@H](c5ccc(O)cc5)[C@@H]5c6c(c(O)cc7c6[C@@H](c6cc(O)cc(O)c6)[C@H](c6ccc(O)cc6)O7)[C@H](c6cc(O)cc7c6[C@H](c6cc(O)cc(O)c6)[C@@H](c6ccc(O)cc6)O7)[C@H]5c5ccc(O)cc5)c5c4[C@@H](c4cc(O)cc(O)c4[C@H]2c2ccc(O)cc2)[C@H](c2ccc(O)cc2)O5)O[C@H]3c2ccc(O)cc2)cc1. The highest BCUT2D eigenvalue weighted by Crippen LogP contribution is 2.75. The quantitative estimate of drug-likeness (QED) is 0.0481. The van der Waals surface area contributed by atoms with Crippen LogP contribution < -0.4 is 18.9 Å². The Kier molecular flexibility index (Phi) is 19.1. The van der Waals surface area contributed by atoms with E-state index in [2.05, 4.69) is 0 Å². The van der Waals surface area contributed by atoms with Gasteiger partial charge in [-0.2, -0.15) is 0 Å². The fourth-order valence-corrected chi connectivity index (χ4v) is 23.9. The molecule has 0 bridgehead atoms. The Morgan fingerprint density at radius 2 is 0.478 bits per heavy atom. The van der Waals surface area contributed by atoms with Crippen molar-refractivity contribution in [2.24, 2.45) is 0 Å². The second-order valence-corrected chi connectivity index (χ2v) is 36.5. The van der Waals surface area contributed by atoms with Gasteiger partial charge >= 0.3 is 0 Å². The third kappa shape index (κ3) is 13.3. The molecule has 24 heteroatoms. The normalized spacial score (nSPS) is 22.2. The second kappa shape index (κ2) is 31.2. The molecule has 0 saturated carbocycles. The van der Waals surface area contributed by atoms with Gasteiger partial charge in [-0.05, 0) is 241 Å². The molecule has 676 valence electrons. The number of benzene rings is 16. The van der Waals surface area contributed by atoms with Crippen LogP contribution >= 0.6 is 0 Å². The molecule has 16 aromatic carbocycles. The van der Waals surface area contributed by atoms with Gasteiger partial charge in [0.2, 0.25) is 0 Å². The first-order chi connectivity index (χ1) is 65.6. The first-order valence-electron chi connectivity index (χ1n) is 44.3. The molecule has 0 aromatic heterocycles. The van der Waals surface area contributed by atoms with Gasteiger partial charge < -0.3 is 121 Å². The molecule has 4 aliphatic heterocycles. The van der Waals surface area contributed by atoms with Crippen LogP contribution in [0, 0.1) is 0 Å². The van der Waals surface area contributed by atoms with Crippen molar-refractivity contribution in [1.82, 2.24) is 0 Å². The maximum absolute atomic E-state index is 15.4. The Balaban J connectivity index is 0.882. The van der Waals surface area contributed by atoms with Gasteiger partial charge in [-0.25, -0.2) is 0 Å². The van der Waals surface area contributed by atoms with E-state index in [9.17, 15) is 97.0 Å². The van der Waals surface area contributed by atoms with E-state index in [0.717, 1.165) is 12.1 Å². The molecular weight excluding hydrogens is 1730 g/mol. The molecule has 0 saturated heterocycles. The van der Waals surface area contributed by atoms with Crippen molar-refractivity contribution in [1.29, 1.82) is 0 Å². The minimum atomic E-state index is -1.50. The maximum Gasteiger partial charge on any atom is 0.135 e. The number of phenolic OH excluding ortho intramolecular Hbond substituents is 20. The van der Waals surface area contributed by atoms with Gasteiger partial charge in [0.1, 0.15) is 162 Å². The Hall–Kier alpha value is -17.3. The van der Waals surface area contributed by atoms with Gasteiger partial charge in [-0.15, -0.1) is 0 Å². The summed E-state index contributed by atoms with van der Waals surface area (Å²) < 4.78 is 29.8. The zero-order valence-electron chi connectivity index (χ0n) is 71.5. The van der Waals surface area contributed by atoms with Crippen LogP contribution in [0.3, 0.4) is 0 Å². The standard InChI is InChI=1S/C112H84O24/c113-59-17-1-49(2-18-59)87-93-75(39-71(125)43-80(93)129)100-96-78(42-74(128)46-85(96)134-110(100)55-13-29-65(119)30-14-55)97(87)98-79-47-82(131)104(112-102(79)101(111(136-112)56-15-31-66(120)32-16-56)76-40-72(126)44-81(130)94(76)88(98)50-3-19-60(114)20-4-50)90(52-7-23-62(116)24-8-52)106-89(51-5-21-61(115)22-6-51)99(77-41-73(127)45-84-95(77)91(57-33-67(121)37-68(122)34-57)108(133-84)53-9-25-63(117)26-10-53)103-83(132)48-86-105(107(103)106)92(58-35-69(123)38-70(124)36-58)109(135-86)54-11-27-64(118)28-12-54/h1-48,87-92,97-101,106,108-111,113-132H/t87-,88-,89-,90-,91+,92-,97-,98-,99-,100-,101-,106-,108-,109+,110+,111+/m1/s1. The number of hydrogen-bond acceptors (Lipinski definition) is 24. The summed E-state index contributed by atoms with van der Waals surface area (Å²) in [5.41, 5.74) is 7.63. The largest absolute Gasteiger partial charge is 0.508 e. The molecule has 0 unspecified atom stereocenters. The van der Waals surface area contributed by atoms with Crippen LogP contribution in [-0.4, -0.2) is 102 Å². The molecule has 0 radical (unpaired) electrons. The minimum absolute atomic E-state index is 0.00987. The van der Waals surface area contributed by atoms with Crippen LogP contribution in [0.4, 0.5) is 0 Å². The van der Waals surface area contributed by atoms with E-state index in [1.165, 1.54) is 170 Å². The second-order valence-electron chi connectivity index (χ2n) is 36.5. The fraction of sp³-hybridized carbons (Fsp3) is 0.143. The summed E-state index contributed by atoms with van der Waals surface area (Å²) in [5, 5.41) is 246. The zero-order chi connectivity index (χ0) is 93.7. The molecule has 20 N–H and O–H groups in total. The predicted molar refractivity (Wildman–Crippen MR) is 496 cm³/mol. The van der Waals surface area contributed by atoms with Crippen molar-refractivity contribution in [3.8, 4) is 138 Å². The molecule has 3 aliphatic carbocycles. The van der Waals surface area contributed by atoms with Crippen molar-refractivity contribution in [3.63, 3.8) is 0 Å². The highest BCUT2D eigenvalue weighted by Gasteiger charge is 2.60. The Labute approximate surface area is 774 Å². The van der Waals surface area contributed by atoms with E-state index in [4.69, 9.17) is 18.9 Å². The summed E-state index contributed by atoms with van der Waals surface area (Å²) in [6, 6.07) is 73.0. The van der Waals surface area contributed by atoms with Crippen molar-refractivity contribution >= 4 is 0 Å². The lowest BCUT2D eigenvalue weighted by atomic mass is 9.61. The maximum atomic E-state index is 15.4. The van der Waals surface area contributed by atoms with Gasteiger partial charge in [-0.3, -0.25) is 0 Å². The third-order valence-electron chi connectivity index (χ3n) is 28.9. The van der Waals surface area contributed by atoms with Gasteiger partial charge in [0.05, 0.1) is 23.7 Å². The molecule has 16 atom stereocenters. The number of fused-ring (bicyclic) bond motifs is 8. The summed E-state index contributed by atoms with van der Waals surface area (Å²) in [7, 11) is 0.